The molecule has 3 N–H and O–H groups in total. The molecule has 0 unspecified atom stereocenters. The average molecular weight is 565 g/mol. The Labute approximate surface area is 231 Å². The van der Waals surface area contributed by atoms with Gasteiger partial charge in [-0.25, -0.2) is 8.42 Å². The van der Waals surface area contributed by atoms with Gasteiger partial charge in [0.1, 0.15) is 17.3 Å². The molecule has 1 aliphatic rings. The number of fused-ring (bicyclic) bond motifs is 2. The van der Waals surface area contributed by atoms with Crippen molar-refractivity contribution in [2.24, 2.45) is 5.73 Å². The van der Waals surface area contributed by atoms with Crippen LogP contribution in [0.15, 0.2) is 52.0 Å². The van der Waals surface area contributed by atoms with Crippen molar-refractivity contribution in [1.82, 2.24) is 19.8 Å². The van der Waals surface area contributed by atoms with Crippen LogP contribution in [0.2, 0.25) is 0 Å². The maximum absolute atomic E-state index is 13.3. The second-order valence-electron chi connectivity index (χ2n) is 9.20. The molecule has 13 heteroatoms. The van der Waals surface area contributed by atoms with Gasteiger partial charge in [-0.2, -0.15) is 5.10 Å². The number of ether oxygens (including phenoxy) is 2. The Balaban J connectivity index is 1.34. The van der Waals surface area contributed by atoms with Gasteiger partial charge >= 0.3 is 0 Å². The van der Waals surface area contributed by atoms with Gasteiger partial charge in [-0.1, -0.05) is 23.4 Å². The van der Waals surface area contributed by atoms with E-state index in [4.69, 9.17) is 26.2 Å². The lowest BCUT2D eigenvalue weighted by molar-refractivity contribution is -0.125. The van der Waals surface area contributed by atoms with Gasteiger partial charge in [-0.05, 0) is 42.2 Å². The van der Waals surface area contributed by atoms with Crippen LogP contribution in [0.4, 0.5) is 5.82 Å². The molecular weight excluding hydrogens is 536 g/mol. The number of rotatable bonds is 11. The van der Waals surface area contributed by atoms with E-state index in [-0.39, 0.29) is 35.6 Å². The number of hydrogen-bond acceptors (Lipinski definition) is 9. The Bertz CT molecular complexity index is 1700. The predicted molar refractivity (Wildman–Crippen MR) is 146 cm³/mol. The molecule has 5 rings (SSSR count). The fraction of sp³-hybridized carbons (Fsp3) is 0.296. The third kappa shape index (κ3) is 5.50. The number of nitrogens with zero attached hydrogens (tertiary/aromatic N) is 4. The molecule has 0 atom stereocenters. The van der Waals surface area contributed by atoms with Gasteiger partial charge in [0.15, 0.2) is 11.4 Å². The number of amides is 1. The van der Waals surface area contributed by atoms with E-state index in [2.05, 4.69) is 20.9 Å². The minimum absolute atomic E-state index is 0.0378. The number of sulfonamides is 1. The molecule has 0 spiro atoms. The molecule has 4 aromatic rings. The van der Waals surface area contributed by atoms with E-state index in [0.717, 1.165) is 22.4 Å². The monoisotopic (exact) mass is 564 g/mol. The van der Waals surface area contributed by atoms with Crippen LogP contribution in [-0.4, -0.2) is 60.5 Å². The number of nitrogens with one attached hydrogen (secondary N) is 1. The molecular formula is C27H28N6O6S. The molecule has 3 heterocycles. The van der Waals surface area contributed by atoms with E-state index >= 15 is 0 Å². The van der Waals surface area contributed by atoms with Crippen LogP contribution in [0, 0.1) is 19.3 Å². The maximum Gasteiger partial charge on any atom is 0.298 e. The summed E-state index contributed by atoms with van der Waals surface area (Å²) in [5.41, 5.74) is 9.33. The fourth-order valence-electron chi connectivity index (χ4n) is 4.62. The third-order valence-electron chi connectivity index (χ3n) is 6.43. The number of hydrogen-bond donors (Lipinski definition) is 2. The summed E-state index contributed by atoms with van der Waals surface area (Å²) in [6, 6.07) is 10.0. The first-order valence-corrected chi connectivity index (χ1v) is 14.0. The van der Waals surface area contributed by atoms with E-state index in [0.29, 0.717) is 43.8 Å². The van der Waals surface area contributed by atoms with Gasteiger partial charge in [0, 0.05) is 12.1 Å². The number of terminal acetylenes is 1. The largest absolute Gasteiger partial charge is 0.490 e. The highest BCUT2D eigenvalue weighted by Gasteiger charge is 2.27. The van der Waals surface area contributed by atoms with Gasteiger partial charge in [-0.15, -0.1) is 6.42 Å². The molecule has 1 aliphatic heterocycles. The van der Waals surface area contributed by atoms with E-state index in [1.54, 1.807) is 35.4 Å². The minimum Gasteiger partial charge on any atom is -0.490 e. The standard InChI is InChI=1S/C27H28N6O6S/c1-3-25(34)32-16-20-14-29-33(21(20)17-32)15-19-12-18(2)26-23(13-19)39-30-27(26)31-40(35,36)24-7-5-4-6-22(24)38-11-10-37-9-8-28/h1,4-7,12-14H,8-11,15-17,28H2,2H3,(H,30,31). The topological polar surface area (TPSA) is 155 Å². The van der Waals surface area contributed by atoms with Crippen LogP contribution in [-0.2, 0) is 39.2 Å². The minimum atomic E-state index is -4.06. The molecule has 1 amide bonds. The number of nitrogens with two attached hydrogens (primary N) is 1. The summed E-state index contributed by atoms with van der Waals surface area (Å²) in [5, 5.41) is 9.00. The number of aryl methyl sites for hydroxylation is 1. The Morgan fingerprint density at radius 1 is 1.23 bits per heavy atom. The molecule has 2 aromatic carbocycles. The van der Waals surface area contributed by atoms with Crippen molar-refractivity contribution in [3.8, 4) is 18.1 Å². The molecule has 0 fully saturated rings. The zero-order chi connectivity index (χ0) is 28.3. The lowest BCUT2D eigenvalue weighted by Crippen LogP contribution is -2.24. The molecule has 2 aromatic heterocycles. The number of carbonyl (C=O) groups is 1. The summed E-state index contributed by atoms with van der Waals surface area (Å²) < 4.78 is 47.5. The van der Waals surface area contributed by atoms with E-state index in [9.17, 15) is 13.2 Å². The van der Waals surface area contributed by atoms with Crippen molar-refractivity contribution in [3.05, 3.63) is 65.0 Å². The average Bonchev–Trinajstić information content (AvgIpc) is 3.64. The van der Waals surface area contributed by atoms with Crippen molar-refractivity contribution in [2.75, 3.05) is 31.1 Å². The Kier molecular flexibility index (Phi) is 7.74. The summed E-state index contributed by atoms with van der Waals surface area (Å²) in [5.74, 6) is 2.05. The molecule has 12 nitrogen and oxygen atoms in total. The van der Waals surface area contributed by atoms with Gasteiger partial charge in [-0.3, -0.25) is 14.2 Å². The second kappa shape index (κ2) is 11.4. The number of benzene rings is 2. The van der Waals surface area contributed by atoms with E-state index in [1.165, 1.54) is 6.07 Å². The number of para-hydroxylation sites is 1. The summed E-state index contributed by atoms with van der Waals surface area (Å²) in [7, 11) is -4.06. The quantitative estimate of drug-likeness (QED) is 0.206. The highest BCUT2D eigenvalue weighted by atomic mass is 32.2. The van der Waals surface area contributed by atoms with Gasteiger partial charge in [0.2, 0.25) is 0 Å². The highest BCUT2D eigenvalue weighted by molar-refractivity contribution is 7.92. The zero-order valence-electron chi connectivity index (χ0n) is 21.8. The molecule has 0 bridgehead atoms. The number of anilines is 1. The van der Waals surface area contributed by atoms with Crippen molar-refractivity contribution >= 4 is 32.7 Å². The van der Waals surface area contributed by atoms with Crippen LogP contribution >= 0.6 is 0 Å². The zero-order valence-corrected chi connectivity index (χ0v) is 22.6. The molecule has 0 radical (unpaired) electrons. The highest BCUT2D eigenvalue weighted by Crippen LogP contribution is 2.32. The van der Waals surface area contributed by atoms with Crippen LogP contribution < -0.4 is 15.2 Å². The van der Waals surface area contributed by atoms with Crippen molar-refractivity contribution in [3.63, 3.8) is 0 Å². The van der Waals surface area contributed by atoms with Crippen molar-refractivity contribution < 1.29 is 27.2 Å². The second-order valence-corrected chi connectivity index (χ2v) is 10.8. The van der Waals surface area contributed by atoms with Crippen LogP contribution in [0.5, 0.6) is 5.75 Å². The SMILES string of the molecule is C#CC(=O)N1Cc2cnn(Cc3cc(C)c4c(NS(=O)(=O)c5ccccc5OCCOCCN)noc4c3)c2C1. The van der Waals surface area contributed by atoms with E-state index in [1.807, 2.05) is 17.7 Å². The van der Waals surface area contributed by atoms with Crippen LogP contribution in [0.3, 0.4) is 0 Å². The van der Waals surface area contributed by atoms with Crippen LogP contribution in [0.25, 0.3) is 11.0 Å². The Morgan fingerprint density at radius 2 is 2.05 bits per heavy atom. The van der Waals surface area contributed by atoms with E-state index < -0.39 is 10.0 Å². The summed E-state index contributed by atoms with van der Waals surface area (Å²) in [4.78, 5) is 13.5. The lowest BCUT2D eigenvalue weighted by Gasteiger charge is -2.13. The van der Waals surface area contributed by atoms with Gasteiger partial charge in [0.05, 0.1) is 50.1 Å². The molecule has 0 aliphatic carbocycles. The number of carbonyl (C=O) groups excluding carboxylic acids is 1. The predicted octanol–water partition coefficient (Wildman–Crippen LogP) is 2.01. The Morgan fingerprint density at radius 3 is 2.85 bits per heavy atom. The molecule has 0 saturated heterocycles. The summed E-state index contributed by atoms with van der Waals surface area (Å²) in [6.07, 6.45) is 7.00. The first-order chi connectivity index (χ1) is 19.3. The molecule has 40 heavy (non-hydrogen) atoms. The van der Waals surface area contributed by atoms with Gasteiger partial charge in [0.25, 0.3) is 15.9 Å². The number of aromatic nitrogens is 3. The third-order valence-corrected chi connectivity index (χ3v) is 7.81. The van der Waals surface area contributed by atoms with Crippen molar-refractivity contribution in [2.45, 2.75) is 31.5 Å². The van der Waals surface area contributed by atoms with Crippen LogP contribution in [0.1, 0.15) is 22.4 Å². The normalized spacial score (nSPS) is 12.9. The smallest absolute Gasteiger partial charge is 0.298 e. The summed E-state index contributed by atoms with van der Waals surface area (Å²) >= 11 is 0. The lowest BCUT2D eigenvalue weighted by atomic mass is 10.1. The summed E-state index contributed by atoms with van der Waals surface area (Å²) in [6.45, 7) is 4.31. The molecule has 0 saturated carbocycles. The molecule has 208 valence electrons. The van der Waals surface area contributed by atoms with Crippen molar-refractivity contribution in [1.29, 1.82) is 0 Å². The Hall–Kier alpha value is -4.38. The first-order valence-electron chi connectivity index (χ1n) is 12.5. The first kappa shape index (κ1) is 27.2. The van der Waals surface area contributed by atoms with Gasteiger partial charge < -0.3 is 24.6 Å². The maximum atomic E-state index is 13.3. The fourth-order valence-corrected chi connectivity index (χ4v) is 5.78.